The average Bonchev–Trinajstić information content (AvgIpc) is 3.22. The second-order valence-electron chi connectivity index (χ2n) is 6.97. The largest absolute Gasteiger partial charge is 0.481 e. The minimum Gasteiger partial charge on any atom is -0.481 e. The number of hydrogen-bond donors (Lipinski definition) is 1. The molecule has 3 heterocycles. The smallest absolute Gasteiger partial charge is 0.212 e. The van der Waals surface area contributed by atoms with Gasteiger partial charge < -0.3 is 14.5 Å². The van der Waals surface area contributed by atoms with Gasteiger partial charge in [-0.15, -0.1) is 0 Å². The molecule has 7 heteroatoms. The molecule has 2 atom stereocenters. The van der Waals surface area contributed by atoms with E-state index in [4.69, 9.17) is 9.47 Å². The van der Waals surface area contributed by atoms with Gasteiger partial charge in [0.25, 0.3) is 0 Å². The lowest BCUT2D eigenvalue weighted by atomic mass is 10.2. The van der Waals surface area contributed by atoms with Crippen LogP contribution in [-0.4, -0.2) is 52.3 Å². The van der Waals surface area contributed by atoms with E-state index >= 15 is 0 Å². The molecular weight excluding hydrogens is 347 g/mol. The third-order valence-electron chi connectivity index (χ3n) is 4.81. The third kappa shape index (κ3) is 4.09. The number of hydrogen-bond acceptors (Lipinski definition) is 5. The zero-order valence-electron chi connectivity index (χ0n) is 15.5. The number of H-pyrrole nitrogens is 1. The number of benzene rings is 1. The molecule has 0 unspecified atom stereocenters. The molecule has 27 heavy (non-hydrogen) atoms. The highest BCUT2D eigenvalue weighted by molar-refractivity contribution is 5.75. The lowest BCUT2D eigenvalue weighted by Crippen LogP contribution is -2.24. The van der Waals surface area contributed by atoms with Crippen LogP contribution in [-0.2, 0) is 17.9 Å². The number of halogens is 1. The summed E-state index contributed by atoms with van der Waals surface area (Å²) >= 11 is 0. The summed E-state index contributed by atoms with van der Waals surface area (Å²) < 4.78 is 25.3. The van der Waals surface area contributed by atoms with Gasteiger partial charge in [-0.2, -0.15) is 0 Å². The van der Waals surface area contributed by atoms with Crippen LogP contribution < -0.4 is 4.74 Å². The van der Waals surface area contributed by atoms with Crippen LogP contribution in [0.5, 0.6) is 5.88 Å². The summed E-state index contributed by atoms with van der Waals surface area (Å²) in [6.45, 7) is 3.86. The summed E-state index contributed by atoms with van der Waals surface area (Å²) in [5, 5.41) is 0. The quantitative estimate of drug-likeness (QED) is 0.723. The first-order valence-electron chi connectivity index (χ1n) is 9.03. The van der Waals surface area contributed by atoms with E-state index in [1.807, 2.05) is 42.2 Å². The van der Waals surface area contributed by atoms with Crippen LogP contribution in [0.3, 0.4) is 0 Å². The van der Waals surface area contributed by atoms with Crippen molar-refractivity contribution in [3.63, 3.8) is 0 Å². The first-order chi connectivity index (χ1) is 13.1. The molecule has 0 amide bonds. The fourth-order valence-corrected chi connectivity index (χ4v) is 3.41. The second-order valence-corrected chi connectivity index (χ2v) is 6.97. The van der Waals surface area contributed by atoms with E-state index in [9.17, 15) is 4.39 Å². The topological polar surface area (TPSA) is 63.3 Å². The van der Waals surface area contributed by atoms with Crippen LogP contribution in [0.2, 0.25) is 0 Å². The number of fused-ring (bicyclic) bond motifs is 1. The Kier molecular flexibility index (Phi) is 5.05. The van der Waals surface area contributed by atoms with Crippen molar-refractivity contribution in [1.29, 1.82) is 0 Å². The average molecular weight is 370 g/mol. The monoisotopic (exact) mass is 370 g/mol. The van der Waals surface area contributed by atoms with Gasteiger partial charge in [0.2, 0.25) is 5.88 Å². The van der Waals surface area contributed by atoms with Gasteiger partial charge in [0.1, 0.15) is 24.7 Å². The zero-order valence-corrected chi connectivity index (χ0v) is 15.5. The Bertz CT molecular complexity index is 912. The minimum atomic E-state index is -1.01. The van der Waals surface area contributed by atoms with Crippen molar-refractivity contribution < 1.29 is 13.9 Å². The number of ether oxygens (including phenoxy) is 2. The van der Waals surface area contributed by atoms with Gasteiger partial charge in [0, 0.05) is 31.9 Å². The van der Waals surface area contributed by atoms with Crippen LogP contribution >= 0.6 is 0 Å². The van der Waals surface area contributed by atoms with Crippen LogP contribution in [0.25, 0.3) is 11.0 Å². The molecule has 6 nitrogen and oxygen atoms in total. The number of aromatic amines is 1. The number of pyridine rings is 1. The van der Waals surface area contributed by atoms with Gasteiger partial charge in [0.05, 0.1) is 18.1 Å². The fourth-order valence-electron chi connectivity index (χ4n) is 3.41. The van der Waals surface area contributed by atoms with Crippen LogP contribution in [0.1, 0.15) is 17.0 Å². The standard InChI is InChI=1S/C20H23FN4O2/c1-13-3-5-16-17(7-13)24-19(23-16)12-27-18-11-25(10-15(18)21)9-14-4-6-20(26-2)22-8-14/h3-8,15,18H,9-12H2,1-2H3,(H,23,24)/t15-,18+/m1/s1. The number of imidazole rings is 1. The fraction of sp³-hybridized carbons (Fsp3) is 0.400. The van der Waals surface area contributed by atoms with E-state index in [0.29, 0.717) is 25.5 Å². The first kappa shape index (κ1) is 17.9. The first-order valence-corrected chi connectivity index (χ1v) is 9.03. The lowest BCUT2D eigenvalue weighted by Gasteiger charge is -2.15. The van der Waals surface area contributed by atoms with E-state index in [1.54, 1.807) is 13.3 Å². The van der Waals surface area contributed by atoms with Gasteiger partial charge in [0.15, 0.2) is 0 Å². The summed E-state index contributed by atoms with van der Waals surface area (Å²) in [6.07, 6.45) is 0.297. The Hall–Kier alpha value is -2.51. The number of nitrogens with one attached hydrogen (secondary N) is 1. The maximum absolute atomic E-state index is 14.4. The van der Waals surface area contributed by atoms with Crippen LogP contribution in [0, 0.1) is 6.92 Å². The highest BCUT2D eigenvalue weighted by Crippen LogP contribution is 2.21. The van der Waals surface area contributed by atoms with Crippen molar-refractivity contribution in [2.75, 3.05) is 20.2 Å². The van der Waals surface area contributed by atoms with E-state index in [1.165, 1.54) is 5.56 Å². The maximum atomic E-state index is 14.4. The Labute approximate surface area is 157 Å². The highest BCUT2D eigenvalue weighted by atomic mass is 19.1. The van der Waals surface area contributed by atoms with E-state index in [2.05, 4.69) is 15.0 Å². The van der Waals surface area contributed by atoms with Gasteiger partial charge >= 0.3 is 0 Å². The summed E-state index contributed by atoms with van der Waals surface area (Å²) in [6, 6.07) is 9.81. The van der Waals surface area contributed by atoms with Gasteiger partial charge in [-0.1, -0.05) is 12.1 Å². The Morgan fingerprint density at radius 3 is 2.93 bits per heavy atom. The summed E-state index contributed by atoms with van der Waals surface area (Å²) in [5.74, 6) is 1.30. The zero-order chi connectivity index (χ0) is 18.8. The number of nitrogens with zero attached hydrogens (tertiary/aromatic N) is 3. The second kappa shape index (κ2) is 7.62. The van der Waals surface area contributed by atoms with Crippen molar-refractivity contribution in [3.05, 3.63) is 53.5 Å². The summed E-state index contributed by atoms with van der Waals surface area (Å²) in [4.78, 5) is 14.0. The predicted molar refractivity (Wildman–Crippen MR) is 100 cm³/mol. The molecule has 0 bridgehead atoms. The van der Waals surface area contributed by atoms with Crippen LogP contribution in [0.4, 0.5) is 4.39 Å². The number of rotatable bonds is 6. The predicted octanol–water partition coefficient (Wildman–Crippen LogP) is 3.01. The molecule has 142 valence electrons. The Balaban J connectivity index is 1.33. The third-order valence-corrected chi connectivity index (χ3v) is 4.81. The molecule has 1 aromatic carbocycles. The summed E-state index contributed by atoms with van der Waals surface area (Å²) in [5.41, 5.74) is 4.07. The van der Waals surface area contributed by atoms with Crippen molar-refractivity contribution in [2.45, 2.75) is 32.4 Å². The molecule has 0 spiro atoms. The summed E-state index contributed by atoms with van der Waals surface area (Å²) in [7, 11) is 1.58. The molecule has 4 rings (SSSR count). The van der Waals surface area contributed by atoms with E-state index in [0.717, 1.165) is 22.4 Å². The van der Waals surface area contributed by atoms with Crippen molar-refractivity contribution in [1.82, 2.24) is 19.9 Å². The molecule has 2 aromatic heterocycles. The van der Waals surface area contributed by atoms with Crippen molar-refractivity contribution in [2.24, 2.45) is 0 Å². The number of likely N-dealkylation sites (tertiary alicyclic amines) is 1. The highest BCUT2D eigenvalue weighted by Gasteiger charge is 2.33. The Morgan fingerprint density at radius 2 is 2.15 bits per heavy atom. The molecule has 1 N–H and O–H groups in total. The molecule has 1 aliphatic heterocycles. The molecular formula is C20H23FN4O2. The minimum absolute atomic E-state index is 0.275. The number of aromatic nitrogens is 3. The number of aryl methyl sites for hydroxylation is 1. The number of alkyl halides is 1. The number of methoxy groups -OCH3 is 1. The molecule has 3 aromatic rings. The van der Waals surface area contributed by atoms with Crippen LogP contribution in [0.15, 0.2) is 36.5 Å². The molecule has 1 aliphatic rings. The molecule has 0 aliphatic carbocycles. The molecule has 0 radical (unpaired) electrons. The lowest BCUT2D eigenvalue weighted by molar-refractivity contribution is 0.00863. The molecule has 1 saturated heterocycles. The molecule has 0 saturated carbocycles. The van der Waals surface area contributed by atoms with Gasteiger partial charge in [-0.25, -0.2) is 14.4 Å². The normalized spacial score (nSPS) is 20.4. The SMILES string of the molecule is COc1ccc(CN2C[C@@H](F)[C@@H](OCc3nc4ccc(C)cc4[nH]3)C2)cn1. The van der Waals surface area contributed by atoms with Crippen molar-refractivity contribution in [3.8, 4) is 5.88 Å². The van der Waals surface area contributed by atoms with E-state index < -0.39 is 12.3 Å². The Morgan fingerprint density at radius 1 is 1.26 bits per heavy atom. The van der Waals surface area contributed by atoms with Crippen molar-refractivity contribution >= 4 is 11.0 Å². The van der Waals surface area contributed by atoms with E-state index in [-0.39, 0.29) is 6.61 Å². The van der Waals surface area contributed by atoms with Gasteiger partial charge in [-0.05, 0) is 30.2 Å². The van der Waals surface area contributed by atoms with Gasteiger partial charge in [-0.3, -0.25) is 4.90 Å². The maximum Gasteiger partial charge on any atom is 0.212 e. The molecule has 1 fully saturated rings.